The molecule has 0 bridgehead atoms. The number of esters is 1. The maximum atomic E-state index is 11.6. The third kappa shape index (κ3) is 3.29. The zero-order valence-electron chi connectivity index (χ0n) is 9.43. The Morgan fingerprint density at radius 1 is 1.47 bits per heavy atom. The summed E-state index contributed by atoms with van der Waals surface area (Å²) in [7, 11) is 0. The Hall–Kier alpha value is -1.88. The highest BCUT2D eigenvalue weighted by atomic mass is 16.6. The highest BCUT2D eigenvalue weighted by Gasteiger charge is 2.19. The molecule has 0 radical (unpaired) electrons. The van der Waals surface area contributed by atoms with Crippen LogP contribution in [0.25, 0.3) is 0 Å². The summed E-state index contributed by atoms with van der Waals surface area (Å²) in [5.74, 6) is -0.456. The van der Waals surface area contributed by atoms with Gasteiger partial charge in [-0.05, 0) is 12.0 Å². The lowest BCUT2D eigenvalue weighted by Gasteiger charge is -2.10. The average molecular weight is 233 g/mol. The van der Waals surface area contributed by atoms with E-state index >= 15 is 0 Å². The first-order valence-electron chi connectivity index (χ1n) is 5.55. The van der Waals surface area contributed by atoms with Gasteiger partial charge >= 0.3 is 5.97 Å². The van der Waals surface area contributed by atoms with Gasteiger partial charge in [-0.15, -0.1) is 0 Å². The van der Waals surface area contributed by atoms with Crippen molar-refractivity contribution >= 4 is 12.0 Å². The summed E-state index contributed by atoms with van der Waals surface area (Å²) in [5, 5.41) is 2.86. The molecule has 5 nitrogen and oxygen atoms in total. The summed E-state index contributed by atoms with van der Waals surface area (Å²) in [6.07, 6.45) is 0.465. The van der Waals surface area contributed by atoms with Crippen LogP contribution in [-0.2, 0) is 16.0 Å². The van der Waals surface area contributed by atoms with Crippen LogP contribution in [0.3, 0.4) is 0 Å². The molecule has 2 rings (SSSR count). The van der Waals surface area contributed by atoms with Crippen LogP contribution >= 0.6 is 0 Å². The van der Waals surface area contributed by atoms with E-state index in [0.29, 0.717) is 19.5 Å². The van der Waals surface area contributed by atoms with Crippen LogP contribution < -0.4 is 11.1 Å². The third-order valence-electron chi connectivity index (χ3n) is 2.44. The van der Waals surface area contributed by atoms with Crippen molar-refractivity contribution in [1.82, 2.24) is 5.32 Å². The third-order valence-corrected chi connectivity index (χ3v) is 2.44. The molecule has 0 unspecified atom stereocenters. The molecule has 0 fully saturated rings. The monoisotopic (exact) mass is 233 g/mol. The summed E-state index contributed by atoms with van der Waals surface area (Å²) < 4.78 is 5.02. The first kappa shape index (κ1) is 11.6. The van der Waals surface area contributed by atoms with E-state index in [2.05, 4.69) is 10.3 Å². The van der Waals surface area contributed by atoms with E-state index in [-0.39, 0.29) is 6.02 Å². The molecule has 0 aliphatic carbocycles. The highest BCUT2D eigenvalue weighted by Crippen LogP contribution is 2.03. The summed E-state index contributed by atoms with van der Waals surface area (Å²) in [4.78, 5) is 15.6. The molecule has 1 aliphatic heterocycles. The van der Waals surface area contributed by atoms with Gasteiger partial charge in [0.1, 0.15) is 6.04 Å². The Morgan fingerprint density at radius 3 is 2.88 bits per heavy atom. The minimum atomic E-state index is -0.664. The minimum Gasteiger partial charge on any atom is -0.392 e. The van der Waals surface area contributed by atoms with Crippen molar-refractivity contribution in [2.24, 2.45) is 10.7 Å². The van der Waals surface area contributed by atoms with E-state index in [1.807, 2.05) is 30.3 Å². The Kier molecular flexibility index (Phi) is 3.72. The first-order chi connectivity index (χ1) is 8.25. The van der Waals surface area contributed by atoms with Gasteiger partial charge in [-0.25, -0.2) is 9.79 Å². The van der Waals surface area contributed by atoms with Gasteiger partial charge in [0.15, 0.2) is 0 Å². The maximum absolute atomic E-state index is 11.6. The first-order valence-corrected chi connectivity index (χ1v) is 5.55. The maximum Gasteiger partial charge on any atom is 0.331 e. The number of rotatable bonds is 3. The van der Waals surface area contributed by atoms with Crippen molar-refractivity contribution < 1.29 is 9.53 Å². The predicted octanol–water partition coefficient (Wildman–Crippen LogP) is 0.0588. The van der Waals surface area contributed by atoms with Gasteiger partial charge in [-0.3, -0.25) is 0 Å². The number of ether oxygens (including phenoxy) is 1. The van der Waals surface area contributed by atoms with Crippen molar-refractivity contribution in [3.63, 3.8) is 0 Å². The van der Waals surface area contributed by atoms with Crippen molar-refractivity contribution in [3.8, 4) is 0 Å². The molecule has 90 valence electrons. The topological polar surface area (TPSA) is 76.7 Å². The normalized spacial score (nSPS) is 15.9. The standard InChI is InChI=1S/C12H15N3O2/c13-10(8-9-4-2-1-3-5-9)11(16)17-12-14-6-7-15-12/h1-5,10H,6-8,13H2,(H,14,15)/t10-/m0/s1. The Bertz CT molecular complexity index is 417. The second-order valence-corrected chi connectivity index (χ2v) is 3.83. The molecule has 0 amide bonds. The predicted molar refractivity (Wildman–Crippen MR) is 64.5 cm³/mol. The van der Waals surface area contributed by atoms with Crippen molar-refractivity contribution in [2.45, 2.75) is 12.5 Å². The number of aliphatic imine (C=N–C) groups is 1. The van der Waals surface area contributed by atoms with Gasteiger partial charge in [0.25, 0.3) is 6.02 Å². The van der Waals surface area contributed by atoms with Crippen LogP contribution in [0.4, 0.5) is 0 Å². The summed E-state index contributed by atoms with van der Waals surface area (Å²) in [6.45, 7) is 1.34. The SMILES string of the molecule is N[C@@H](Cc1ccccc1)C(=O)OC1=NCCN1. The molecule has 0 aromatic heterocycles. The Morgan fingerprint density at radius 2 is 2.24 bits per heavy atom. The summed E-state index contributed by atoms with van der Waals surface area (Å²) in [6, 6.07) is 9.22. The largest absolute Gasteiger partial charge is 0.392 e. The molecule has 17 heavy (non-hydrogen) atoms. The van der Waals surface area contributed by atoms with Gasteiger partial charge in [0.2, 0.25) is 0 Å². The molecule has 0 spiro atoms. The lowest BCUT2D eigenvalue weighted by molar-refractivity contribution is -0.137. The number of nitrogens with two attached hydrogens (primary N) is 1. The quantitative estimate of drug-likeness (QED) is 0.724. The van der Waals surface area contributed by atoms with Crippen LogP contribution in [0.1, 0.15) is 5.56 Å². The van der Waals surface area contributed by atoms with Crippen LogP contribution in [-0.4, -0.2) is 31.1 Å². The number of carbonyl (C=O) groups excluding carboxylic acids is 1. The van der Waals surface area contributed by atoms with Gasteiger partial charge in [0.05, 0.1) is 6.54 Å². The van der Waals surface area contributed by atoms with E-state index in [0.717, 1.165) is 5.56 Å². The fourth-order valence-corrected chi connectivity index (χ4v) is 1.57. The minimum absolute atomic E-state index is 0.276. The molecule has 1 aliphatic rings. The number of amidine groups is 1. The Balaban J connectivity index is 1.87. The lowest BCUT2D eigenvalue weighted by Crippen LogP contribution is -2.37. The molecule has 1 atom stereocenters. The van der Waals surface area contributed by atoms with E-state index in [9.17, 15) is 4.79 Å². The molecule has 0 saturated heterocycles. The molecule has 5 heteroatoms. The smallest absolute Gasteiger partial charge is 0.331 e. The number of hydrogen-bond acceptors (Lipinski definition) is 5. The van der Waals surface area contributed by atoms with Crippen molar-refractivity contribution in [3.05, 3.63) is 35.9 Å². The number of nitrogens with one attached hydrogen (secondary N) is 1. The molecule has 3 N–H and O–H groups in total. The second-order valence-electron chi connectivity index (χ2n) is 3.83. The number of carbonyl (C=O) groups is 1. The fourth-order valence-electron chi connectivity index (χ4n) is 1.57. The van der Waals surface area contributed by atoms with Crippen molar-refractivity contribution in [1.29, 1.82) is 0 Å². The van der Waals surface area contributed by atoms with Crippen LogP contribution in [0.5, 0.6) is 0 Å². The van der Waals surface area contributed by atoms with E-state index in [1.54, 1.807) is 0 Å². The number of nitrogens with zero attached hydrogens (tertiary/aromatic N) is 1. The van der Waals surface area contributed by atoms with E-state index in [4.69, 9.17) is 10.5 Å². The van der Waals surface area contributed by atoms with Gasteiger partial charge < -0.3 is 15.8 Å². The van der Waals surface area contributed by atoms with Gasteiger partial charge in [0, 0.05) is 6.54 Å². The molecule has 0 saturated carbocycles. The number of hydrogen-bond donors (Lipinski definition) is 2. The number of benzene rings is 1. The van der Waals surface area contributed by atoms with Crippen LogP contribution in [0.15, 0.2) is 35.3 Å². The summed E-state index contributed by atoms with van der Waals surface area (Å²) >= 11 is 0. The molecule has 1 aromatic rings. The second kappa shape index (κ2) is 5.45. The zero-order valence-corrected chi connectivity index (χ0v) is 9.43. The molecule has 1 heterocycles. The van der Waals surface area contributed by atoms with E-state index < -0.39 is 12.0 Å². The lowest BCUT2D eigenvalue weighted by atomic mass is 10.1. The van der Waals surface area contributed by atoms with Gasteiger partial charge in [-0.1, -0.05) is 30.3 Å². The molecular formula is C12H15N3O2. The fraction of sp³-hybridized carbons (Fsp3) is 0.333. The van der Waals surface area contributed by atoms with Gasteiger partial charge in [-0.2, -0.15) is 0 Å². The summed E-state index contributed by atoms with van der Waals surface area (Å²) in [5.41, 5.74) is 6.78. The molecule has 1 aromatic carbocycles. The van der Waals surface area contributed by atoms with Crippen LogP contribution in [0.2, 0.25) is 0 Å². The average Bonchev–Trinajstić information content (AvgIpc) is 2.83. The van der Waals surface area contributed by atoms with E-state index in [1.165, 1.54) is 0 Å². The Labute approximate surface area is 99.7 Å². The highest BCUT2D eigenvalue weighted by molar-refractivity contribution is 5.90. The zero-order chi connectivity index (χ0) is 12.1. The van der Waals surface area contributed by atoms with Crippen molar-refractivity contribution in [2.75, 3.05) is 13.1 Å². The molecular weight excluding hydrogens is 218 g/mol. The van der Waals surface area contributed by atoms with Crippen LogP contribution in [0, 0.1) is 0 Å².